The Morgan fingerprint density at radius 2 is 2.27 bits per heavy atom. The monoisotopic (exact) mass is 209 g/mol. The predicted molar refractivity (Wildman–Crippen MR) is 56.0 cm³/mol. The highest BCUT2D eigenvalue weighted by molar-refractivity contribution is 5.91. The molecular weight excluding hydrogens is 194 g/mol. The summed E-state index contributed by atoms with van der Waals surface area (Å²) in [5, 5.41) is 0. The van der Waals surface area contributed by atoms with Crippen LogP contribution in [0.1, 0.15) is 30.6 Å². The van der Waals surface area contributed by atoms with Crippen molar-refractivity contribution in [3.63, 3.8) is 0 Å². The molecular formula is C11H15NO3. The van der Waals surface area contributed by atoms with Gasteiger partial charge in [0.1, 0.15) is 5.56 Å². The van der Waals surface area contributed by atoms with Crippen LogP contribution >= 0.6 is 0 Å². The molecule has 0 unspecified atom stereocenters. The van der Waals surface area contributed by atoms with E-state index in [1.54, 1.807) is 25.3 Å². The zero-order chi connectivity index (χ0) is 11.1. The van der Waals surface area contributed by atoms with Crippen LogP contribution in [0.2, 0.25) is 0 Å². The summed E-state index contributed by atoms with van der Waals surface area (Å²) in [6.07, 6.45) is 2.46. The summed E-state index contributed by atoms with van der Waals surface area (Å²) in [6, 6.07) is 3.33. The van der Waals surface area contributed by atoms with Gasteiger partial charge in [-0.2, -0.15) is 0 Å². The largest absolute Gasteiger partial charge is 0.477 e. The van der Waals surface area contributed by atoms with Crippen molar-refractivity contribution in [3.05, 3.63) is 23.9 Å². The van der Waals surface area contributed by atoms with Gasteiger partial charge in [0.05, 0.1) is 13.2 Å². The molecule has 0 aromatic carbocycles. The molecule has 1 aromatic heterocycles. The van der Waals surface area contributed by atoms with Crippen LogP contribution in [0.15, 0.2) is 18.3 Å². The van der Waals surface area contributed by atoms with Gasteiger partial charge in [0.25, 0.3) is 0 Å². The lowest BCUT2D eigenvalue weighted by Crippen LogP contribution is -2.09. The zero-order valence-corrected chi connectivity index (χ0v) is 9.03. The van der Waals surface area contributed by atoms with E-state index in [-0.39, 0.29) is 0 Å². The highest BCUT2D eigenvalue weighted by Crippen LogP contribution is 2.15. The molecule has 4 heteroatoms. The van der Waals surface area contributed by atoms with Crippen LogP contribution in [0, 0.1) is 0 Å². The molecule has 0 N–H and O–H groups in total. The number of rotatable bonds is 5. The summed E-state index contributed by atoms with van der Waals surface area (Å²) >= 11 is 0. The van der Waals surface area contributed by atoms with Gasteiger partial charge in [-0.1, -0.05) is 6.92 Å². The van der Waals surface area contributed by atoms with Gasteiger partial charge < -0.3 is 9.47 Å². The molecule has 0 atom stereocenters. The van der Waals surface area contributed by atoms with Gasteiger partial charge in [0.2, 0.25) is 5.88 Å². The second kappa shape index (κ2) is 6.01. The first-order valence-electron chi connectivity index (χ1n) is 5.04. The van der Waals surface area contributed by atoms with Gasteiger partial charge in [0, 0.05) is 6.20 Å². The van der Waals surface area contributed by atoms with E-state index >= 15 is 0 Å². The Kier molecular flexibility index (Phi) is 4.60. The van der Waals surface area contributed by atoms with Crippen molar-refractivity contribution >= 4 is 5.97 Å². The summed E-state index contributed by atoms with van der Waals surface area (Å²) in [6.45, 7) is 4.65. The summed E-state index contributed by atoms with van der Waals surface area (Å²) in [4.78, 5) is 15.5. The first-order valence-corrected chi connectivity index (χ1v) is 5.04. The molecule has 15 heavy (non-hydrogen) atoms. The number of nitrogens with zero attached hydrogens (tertiary/aromatic N) is 1. The SMILES string of the molecule is CCCOc1ncccc1C(=O)OCC. The van der Waals surface area contributed by atoms with E-state index in [4.69, 9.17) is 9.47 Å². The van der Waals surface area contributed by atoms with Crippen molar-refractivity contribution in [3.8, 4) is 5.88 Å². The highest BCUT2D eigenvalue weighted by atomic mass is 16.5. The van der Waals surface area contributed by atoms with Crippen LogP contribution in [0.5, 0.6) is 5.88 Å². The fraction of sp³-hybridized carbons (Fsp3) is 0.455. The molecule has 0 saturated heterocycles. The topological polar surface area (TPSA) is 48.4 Å². The Morgan fingerprint density at radius 1 is 1.47 bits per heavy atom. The summed E-state index contributed by atoms with van der Waals surface area (Å²) in [7, 11) is 0. The van der Waals surface area contributed by atoms with E-state index in [0.29, 0.717) is 24.7 Å². The molecule has 0 fully saturated rings. The Morgan fingerprint density at radius 3 is 2.93 bits per heavy atom. The fourth-order valence-corrected chi connectivity index (χ4v) is 1.07. The molecule has 1 aromatic rings. The van der Waals surface area contributed by atoms with Crippen LogP contribution in [0.25, 0.3) is 0 Å². The number of ether oxygens (including phenoxy) is 2. The number of hydrogen-bond acceptors (Lipinski definition) is 4. The zero-order valence-electron chi connectivity index (χ0n) is 9.03. The third-order valence-electron chi connectivity index (χ3n) is 1.71. The third kappa shape index (κ3) is 3.23. The average Bonchev–Trinajstić information content (AvgIpc) is 2.27. The normalized spacial score (nSPS) is 9.73. The average molecular weight is 209 g/mol. The van der Waals surface area contributed by atoms with Gasteiger partial charge >= 0.3 is 5.97 Å². The maximum absolute atomic E-state index is 11.5. The van der Waals surface area contributed by atoms with Crippen molar-refractivity contribution in [2.75, 3.05) is 13.2 Å². The Bertz CT molecular complexity index is 325. The molecule has 0 amide bonds. The quantitative estimate of drug-likeness (QED) is 0.696. The van der Waals surface area contributed by atoms with E-state index in [1.807, 2.05) is 6.92 Å². The predicted octanol–water partition coefficient (Wildman–Crippen LogP) is 2.05. The Balaban J connectivity index is 2.80. The second-order valence-electron chi connectivity index (χ2n) is 2.93. The highest BCUT2D eigenvalue weighted by Gasteiger charge is 2.13. The molecule has 0 bridgehead atoms. The minimum absolute atomic E-state index is 0.345. The fourth-order valence-electron chi connectivity index (χ4n) is 1.07. The maximum Gasteiger partial charge on any atom is 0.343 e. The number of carbonyl (C=O) groups is 1. The maximum atomic E-state index is 11.5. The van der Waals surface area contributed by atoms with Gasteiger partial charge in [0.15, 0.2) is 0 Å². The number of esters is 1. The summed E-state index contributed by atoms with van der Waals surface area (Å²) < 4.78 is 10.2. The van der Waals surface area contributed by atoms with Crippen molar-refractivity contribution in [2.24, 2.45) is 0 Å². The lowest BCUT2D eigenvalue weighted by Gasteiger charge is -2.08. The first-order chi connectivity index (χ1) is 7.29. The van der Waals surface area contributed by atoms with Gasteiger partial charge in [-0.05, 0) is 25.5 Å². The van der Waals surface area contributed by atoms with Gasteiger partial charge in [-0.25, -0.2) is 9.78 Å². The Hall–Kier alpha value is -1.58. The summed E-state index contributed by atoms with van der Waals surface area (Å²) in [5.74, 6) is -0.0468. The van der Waals surface area contributed by atoms with E-state index in [1.165, 1.54) is 0 Å². The van der Waals surface area contributed by atoms with Crippen LogP contribution < -0.4 is 4.74 Å². The molecule has 1 rings (SSSR count). The molecule has 0 radical (unpaired) electrons. The number of aromatic nitrogens is 1. The van der Waals surface area contributed by atoms with Crippen molar-refractivity contribution in [2.45, 2.75) is 20.3 Å². The van der Waals surface area contributed by atoms with E-state index < -0.39 is 5.97 Å². The van der Waals surface area contributed by atoms with Crippen LogP contribution in [-0.4, -0.2) is 24.2 Å². The van der Waals surface area contributed by atoms with E-state index in [9.17, 15) is 4.79 Å². The van der Waals surface area contributed by atoms with Crippen LogP contribution in [-0.2, 0) is 4.74 Å². The van der Waals surface area contributed by atoms with Gasteiger partial charge in [-0.3, -0.25) is 0 Å². The van der Waals surface area contributed by atoms with Crippen molar-refractivity contribution in [1.29, 1.82) is 0 Å². The molecule has 0 spiro atoms. The third-order valence-corrected chi connectivity index (χ3v) is 1.71. The Labute approximate surface area is 89.2 Å². The lowest BCUT2D eigenvalue weighted by atomic mass is 10.3. The minimum Gasteiger partial charge on any atom is -0.477 e. The molecule has 0 saturated carbocycles. The lowest BCUT2D eigenvalue weighted by molar-refractivity contribution is 0.0520. The summed E-state index contributed by atoms with van der Waals surface area (Å²) in [5.41, 5.74) is 0.382. The molecule has 82 valence electrons. The number of carbonyl (C=O) groups excluding carboxylic acids is 1. The van der Waals surface area contributed by atoms with Crippen LogP contribution in [0.4, 0.5) is 0 Å². The van der Waals surface area contributed by atoms with Crippen molar-refractivity contribution < 1.29 is 14.3 Å². The molecule has 0 aliphatic rings. The first kappa shape index (κ1) is 11.5. The number of hydrogen-bond donors (Lipinski definition) is 0. The molecule has 1 heterocycles. The van der Waals surface area contributed by atoms with E-state index in [2.05, 4.69) is 4.98 Å². The van der Waals surface area contributed by atoms with Crippen molar-refractivity contribution in [1.82, 2.24) is 4.98 Å². The van der Waals surface area contributed by atoms with Gasteiger partial charge in [-0.15, -0.1) is 0 Å². The van der Waals surface area contributed by atoms with Crippen LogP contribution in [0.3, 0.4) is 0 Å². The molecule has 0 aliphatic carbocycles. The molecule has 4 nitrogen and oxygen atoms in total. The minimum atomic E-state index is -0.392. The smallest absolute Gasteiger partial charge is 0.343 e. The number of pyridine rings is 1. The van der Waals surface area contributed by atoms with E-state index in [0.717, 1.165) is 6.42 Å². The molecule has 0 aliphatic heterocycles. The second-order valence-corrected chi connectivity index (χ2v) is 2.93. The standard InChI is InChI=1S/C11H15NO3/c1-3-8-15-10-9(6-5-7-12-10)11(13)14-4-2/h5-7H,3-4,8H2,1-2H3.